The molecule has 2 heterocycles. The molecular formula is C17H21Cl3N2. The van der Waals surface area contributed by atoms with Crippen LogP contribution in [0.4, 0.5) is 0 Å². The monoisotopic (exact) mass is 358 g/mol. The smallest absolute Gasteiger partial charge is 0.0453 e. The minimum absolute atomic E-state index is 0. The molecule has 1 fully saturated rings. The first-order valence-corrected chi connectivity index (χ1v) is 7.38. The maximum absolute atomic E-state index is 5.97. The molecule has 0 spiro atoms. The van der Waals surface area contributed by atoms with E-state index in [1.54, 1.807) is 0 Å². The molecule has 120 valence electrons. The molecule has 3 rings (SSSR count). The van der Waals surface area contributed by atoms with Crippen LogP contribution in [0.1, 0.15) is 43.5 Å². The lowest BCUT2D eigenvalue weighted by Gasteiger charge is -2.27. The second kappa shape index (κ2) is 7.65. The Labute approximate surface area is 149 Å². The SMILES string of the molecule is CC1(C)N[C@@H](c2ccc(Cl)cc2)C[C@H]1c1ccccn1.Cl.Cl. The number of nitrogens with zero attached hydrogens (tertiary/aromatic N) is 1. The maximum Gasteiger partial charge on any atom is 0.0453 e. The van der Waals surface area contributed by atoms with E-state index in [0.717, 1.165) is 11.4 Å². The van der Waals surface area contributed by atoms with Gasteiger partial charge in [-0.2, -0.15) is 0 Å². The van der Waals surface area contributed by atoms with Crippen molar-refractivity contribution >= 4 is 36.4 Å². The van der Waals surface area contributed by atoms with Gasteiger partial charge in [-0.15, -0.1) is 24.8 Å². The number of aromatic nitrogens is 1. The van der Waals surface area contributed by atoms with E-state index in [1.807, 2.05) is 24.4 Å². The van der Waals surface area contributed by atoms with Gasteiger partial charge in [0.05, 0.1) is 0 Å². The van der Waals surface area contributed by atoms with E-state index in [1.165, 1.54) is 11.3 Å². The Balaban J connectivity index is 0.00000121. The summed E-state index contributed by atoms with van der Waals surface area (Å²) in [4.78, 5) is 4.54. The lowest BCUT2D eigenvalue weighted by atomic mass is 9.85. The topological polar surface area (TPSA) is 24.9 Å². The summed E-state index contributed by atoms with van der Waals surface area (Å²) in [5, 5.41) is 4.52. The summed E-state index contributed by atoms with van der Waals surface area (Å²) in [6, 6.07) is 14.6. The molecule has 1 aromatic heterocycles. The van der Waals surface area contributed by atoms with Crippen molar-refractivity contribution in [3.8, 4) is 0 Å². The fourth-order valence-corrected chi connectivity index (χ4v) is 3.25. The number of pyridine rings is 1. The van der Waals surface area contributed by atoms with Gasteiger partial charge in [-0.3, -0.25) is 4.98 Å². The fourth-order valence-electron chi connectivity index (χ4n) is 3.13. The highest BCUT2D eigenvalue weighted by Gasteiger charge is 2.41. The lowest BCUT2D eigenvalue weighted by molar-refractivity contribution is 0.393. The molecule has 2 nitrogen and oxygen atoms in total. The third kappa shape index (κ3) is 3.94. The van der Waals surface area contributed by atoms with Crippen LogP contribution >= 0.6 is 36.4 Å². The van der Waals surface area contributed by atoms with Gasteiger partial charge < -0.3 is 5.32 Å². The van der Waals surface area contributed by atoms with Gasteiger partial charge in [0.2, 0.25) is 0 Å². The van der Waals surface area contributed by atoms with Gasteiger partial charge in [0.1, 0.15) is 0 Å². The van der Waals surface area contributed by atoms with E-state index in [4.69, 9.17) is 11.6 Å². The Morgan fingerprint density at radius 2 is 1.77 bits per heavy atom. The van der Waals surface area contributed by atoms with Crippen molar-refractivity contribution in [1.82, 2.24) is 10.3 Å². The first-order valence-electron chi connectivity index (χ1n) is 7.00. The predicted molar refractivity (Wildman–Crippen MR) is 97.5 cm³/mol. The molecule has 0 bridgehead atoms. The second-order valence-corrected chi connectivity index (χ2v) is 6.45. The summed E-state index contributed by atoms with van der Waals surface area (Å²) >= 11 is 5.97. The van der Waals surface area contributed by atoms with Crippen LogP contribution in [0.5, 0.6) is 0 Å². The lowest BCUT2D eigenvalue weighted by Crippen LogP contribution is -2.38. The molecule has 2 aromatic rings. The summed E-state index contributed by atoms with van der Waals surface area (Å²) in [6.45, 7) is 4.50. The van der Waals surface area contributed by atoms with Crippen LogP contribution in [0.3, 0.4) is 0 Å². The second-order valence-electron chi connectivity index (χ2n) is 6.01. The molecule has 0 amide bonds. The third-order valence-corrected chi connectivity index (χ3v) is 4.46. The molecule has 0 unspecified atom stereocenters. The van der Waals surface area contributed by atoms with Crippen LogP contribution in [0, 0.1) is 0 Å². The standard InChI is InChI=1S/C17H19ClN2.2ClH/c1-17(2)14(15-5-3-4-10-19-15)11-16(20-17)12-6-8-13(18)9-7-12;;/h3-10,14,16,20H,11H2,1-2H3;2*1H/t14-,16+;;/m0../s1. The van der Waals surface area contributed by atoms with Gasteiger partial charge in [-0.1, -0.05) is 29.8 Å². The molecular weight excluding hydrogens is 339 g/mol. The summed E-state index contributed by atoms with van der Waals surface area (Å²) < 4.78 is 0. The van der Waals surface area contributed by atoms with Crippen molar-refractivity contribution in [2.75, 3.05) is 0 Å². The van der Waals surface area contributed by atoms with Crippen molar-refractivity contribution in [3.63, 3.8) is 0 Å². The van der Waals surface area contributed by atoms with E-state index in [0.29, 0.717) is 12.0 Å². The zero-order valence-corrected chi connectivity index (χ0v) is 15.0. The average molecular weight is 360 g/mol. The summed E-state index contributed by atoms with van der Waals surface area (Å²) in [5.41, 5.74) is 2.50. The zero-order chi connectivity index (χ0) is 14.2. The number of benzene rings is 1. The molecule has 22 heavy (non-hydrogen) atoms. The summed E-state index contributed by atoms with van der Waals surface area (Å²) in [7, 11) is 0. The quantitative estimate of drug-likeness (QED) is 0.799. The maximum atomic E-state index is 5.97. The Bertz CT molecular complexity index is 585. The number of nitrogens with one attached hydrogen (secondary N) is 1. The van der Waals surface area contributed by atoms with E-state index >= 15 is 0 Å². The van der Waals surface area contributed by atoms with E-state index < -0.39 is 0 Å². The van der Waals surface area contributed by atoms with E-state index in [9.17, 15) is 0 Å². The Morgan fingerprint density at radius 1 is 1.09 bits per heavy atom. The van der Waals surface area contributed by atoms with Crippen molar-refractivity contribution < 1.29 is 0 Å². The molecule has 1 aromatic carbocycles. The van der Waals surface area contributed by atoms with Crippen molar-refractivity contribution in [2.45, 2.75) is 37.8 Å². The van der Waals surface area contributed by atoms with Crippen LogP contribution < -0.4 is 5.32 Å². The van der Waals surface area contributed by atoms with Crippen LogP contribution in [0.15, 0.2) is 48.7 Å². The molecule has 2 atom stereocenters. The van der Waals surface area contributed by atoms with Crippen molar-refractivity contribution in [2.24, 2.45) is 0 Å². The minimum Gasteiger partial charge on any atom is -0.304 e. The molecule has 1 saturated heterocycles. The molecule has 1 N–H and O–H groups in total. The Hall–Kier alpha value is -0.800. The highest BCUT2D eigenvalue weighted by atomic mass is 35.5. The molecule has 0 saturated carbocycles. The van der Waals surface area contributed by atoms with Gasteiger partial charge in [-0.05, 0) is 50.1 Å². The number of hydrogen-bond acceptors (Lipinski definition) is 2. The van der Waals surface area contributed by atoms with Gasteiger partial charge in [0.25, 0.3) is 0 Å². The van der Waals surface area contributed by atoms with E-state index in [2.05, 4.69) is 48.4 Å². The molecule has 0 radical (unpaired) electrons. The normalized spacial score (nSPS) is 22.5. The van der Waals surface area contributed by atoms with Gasteiger partial charge in [0.15, 0.2) is 0 Å². The van der Waals surface area contributed by atoms with Crippen LogP contribution in [0.25, 0.3) is 0 Å². The van der Waals surface area contributed by atoms with Crippen molar-refractivity contribution in [1.29, 1.82) is 0 Å². The van der Waals surface area contributed by atoms with Crippen molar-refractivity contribution in [3.05, 3.63) is 64.9 Å². The highest BCUT2D eigenvalue weighted by molar-refractivity contribution is 6.30. The predicted octanol–water partition coefficient (Wildman–Crippen LogP) is 5.18. The highest BCUT2D eigenvalue weighted by Crippen LogP contribution is 2.43. The van der Waals surface area contributed by atoms with Gasteiger partial charge in [-0.25, -0.2) is 0 Å². The van der Waals surface area contributed by atoms with Gasteiger partial charge in [0, 0.05) is 34.4 Å². The summed E-state index contributed by atoms with van der Waals surface area (Å²) in [5.74, 6) is 0.421. The Morgan fingerprint density at radius 3 is 2.36 bits per heavy atom. The average Bonchev–Trinajstić information content (AvgIpc) is 2.76. The number of halogens is 3. The largest absolute Gasteiger partial charge is 0.304 e. The number of hydrogen-bond donors (Lipinski definition) is 1. The fraction of sp³-hybridized carbons (Fsp3) is 0.353. The number of rotatable bonds is 2. The molecule has 1 aliphatic heterocycles. The third-order valence-electron chi connectivity index (χ3n) is 4.21. The van der Waals surface area contributed by atoms with Crippen LogP contribution in [0.2, 0.25) is 5.02 Å². The zero-order valence-electron chi connectivity index (χ0n) is 12.6. The first kappa shape index (κ1) is 19.2. The minimum atomic E-state index is 0. The van der Waals surface area contributed by atoms with Crippen LogP contribution in [-0.2, 0) is 0 Å². The van der Waals surface area contributed by atoms with Gasteiger partial charge >= 0.3 is 0 Å². The Kier molecular flexibility index (Phi) is 6.69. The van der Waals surface area contributed by atoms with Crippen LogP contribution in [-0.4, -0.2) is 10.5 Å². The molecule has 5 heteroatoms. The first-order chi connectivity index (χ1) is 9.56. The summed E-state index contributed by atoms with van der Waals surface area (Å²) in [6.07, 6.45) is 2.94. The molecule has 1 aliphatic rings. The van der Waals surface area contributed by atoms with E-state index in [-0.39, 0.29) is 30.4 Å². The molecule has 0 aliphatic carbocycles.